The first-order valence-electron chi connectivity index (χ1n) is 14.5. The van der Waals surface area contributed by atoms with Crippen molar-refractivity contribution >= 4 is 50.7 Å². The fourth-order valence-electron chi connectivity index (χ4n) is 4.94. The second-order valence-electron chi connectivity index (χ2n) is 10.3. The second kappa shape index (κ2) is 16.0. The summed E-state index contributed by atoms with van der Waals surface area (Å²) in [5.41, 5.74) is 1.16. The van der Waals surface area contributed by atoms with E-state index in [4.69, 9.17) is 32.7 Å². The summed E-state index contributed by atoms with van der Waals surface area (Å²) in [6.45, 7) is 1.07. The zero-order valence-electron chi connectivity index (χ0n) is 26.0. The Labute approximate surface area is 283 Å². The fraction of sp³-hybridized carbons (Fsp3) is 0.235. The zero-order chi connectivity index (χ0) is 34.1. The molecule has 0 aliphatic carbocycles. The van der Waals surface area contributed by atoms with Crippen molar-refractivity contribution in [2.75, 3.05) is 31.6 Å². The lowest BCUT2D eigenvalue weighted by Gasteiger charge is -2.34. The largest absolute Gasteiger partial charge is 0.493 e. The Kier molecular flexibility index (Phi) is 12.1. The number of anilines is 1. The average Bonchev–Trinajstić information content (AvgIpc) is 3.06. The van der Waals surface area contributed by atoms with E-state index in [2.05, 4.69) is 5.32 Å². The lowest BCUT2D eigenvalue weighted by atomic mass is 10.0. The molecular weight excluding hydrogens is 668 g/mol. The highest BCUT2D eigenvalue weighted by molar-refractivity contribution is 7.92. The standard InChI is InChI=1S/C34H34Cl2FN3O6S/c1-4-38-34(42)30(19-23-9-6-5-7-10-23)39(21-27-28(35)11-8-12-29(27)36)33(41)22-40(25-15-13-24(37)14-16-25)47(43,44)26-17-18-31(45-2)32(20-26)46-3/h5-18,20,30H,4,19,21-22H2,1-3H3,(H,38,42)/t30-/m1/s1. The van der Waals surface area contributed by atoms with Crippen LogP contribution < -0.4 is 19.1 Å². The number of amides is 2. The van der Waals surface area contributed by atoms with Crippen molar-refractivity contribution in [3.63, 3.8) is 0 Å². The first-order chi connectivity index (χ1) is 22.5. The van der Waals surface area contributed by atoms with Crippen molar-refractivity contribution in [2.24, 2.45) is 0 Å². The molecule has 0 aliphatic rings. The summed E-state index contributed by atoms with van der Waals surface area (Å²) >= 11 is 13.0. The number of hydrogen-bond acceptors (Lipinski definition) is 6. The fourth-order valence-corrected chi connectivity index (χ4v) is 6.89. The van der Waals surface area contributed by atoms with E-state index in [9.17, 15) is 22.4 Å². The number of methoxy groups -OCH3 is 2. The van der Waals surface area contributed by atoms with Crippen LogP contribution in [-0.4, -0.2) is 58.5 Å². The first kappa shape index (κ1) is 35.5. The van der Waals surface area contributed by atoms with Crippen LogP contribution in [0.25, 0.3) is 0 Å². The van der Waals surface area contributed by atoms with E-state index in [-0.39, 0.29) is 45.9 Å². The molecule has 0 bridgehead atoms. The Morgan fingerprint density at radius 1 is 0.872 bits per heavy atom. The maximum atomic E-state index is 14.5. The van der Waals surface area contributed by atoms with Crippen LogP contribution in [0.4, 0.5) is 10.1 Å². The molecule has 4 rings (SSSR count). The third kappa shape index (κ3) is 8.54. The van der Waals surface area contributed by atoms with Crippen LogP contribution in [-0.2, 0) is 32.6 Å². The number of hydrogen-bond donors (Lipinski definition) is 1. The van der Waals surface area contributed by atoms with E-state index >= 15 is 0 Å². The van der Waals surface area contributed by atoms with Crippen LogP contribution in [0.15, 0.2) is 95.9 Å². The van der Waals surface area contributed by atoms with Gasteiger partial charge in [-0.15, -0.1) is 0 Å². The average molecular weight is 703 g/mol. The zero-order valence-corrected chi connectivity index (χ0v) is 28.3. The van der Waals surface area contributed by atoms with Gasteiger partial charge in [0.2, 0.25) is 11.8 Å². The Bertz CT molecular complexity index is 1790. The smallest absolute Gasteiger partial charge is 0.264 e. The summed E-state index contributed by atoms with van der Waals surface area (Å²) in [7, 11) is -1.71. The van der Waals surface area contributed by atoms with Crippen molar-refractivity contribution < 1.29 is 31.9 Å². The van der Waals surface area contributed by atoms with Crippen molar-refractivity contribution in [1.29, 1.82) is 0 Å². The highest BCUT2D eigenvalue weighted by Gasteiger charge is 2.35. The van der Waals surface area contributed by atoms with E-state index in [0.29, 0.717) is 11.3 Å². The van der Waals surface area contributed by atoms with E-state index in [1.54, 1.807) is 25.1 Å². The van der Waals surface area contributed by atoms with Crippen molar-refractivity contribution in [3.8, 4) is 11.5 Å². The third-order valence-corrected chi connectivity index (χ3v) is 9.83. The van der Waals surface area contributed by atoms with Crippen molar-refractivity contribution in [2.45, 2.75) is 30.8 Å². The lowest BCUT2D eigenvalue weighted by molar-refractivity contribution is -0.140. The summed E-state index contributed by atoms with van der Waals surface area (Å²) in [6, 6.07) is 21.6. The predicted molar refractivity (Wildman–Crippen MR) is 180 cm³/mol. The molecule has 4 aromatic carbocycles. The molecule has 0 saturated heterocycles. The SMILES string of the molecule is CCNC(=O)[C@@H](Cc1ccccc1)N(Cc1c(Cl)cccc1Cl)C(=O)CN(c1ccc(F)cc1)S(=O)(=O)c1ccc(OC)c(OC)c1. The summed E-state index contributed by atoms with van der Waals surface area (Å²) in [4.78, 5) is 29.2. The number of carbonyl (C=O) groups excluding carboxylic acids is 2. The van der Waals surface area contributed by atoms with Gasteiger partial charge >= 0.3 is 0 Å². The van der Waals surface area contributed by atoms with Gasteiger partial charge in [-0.05, 0) is 61.0 Å². The number of carbonyl (C=O) groups is 2. The third-order valence-electron chi connectivity index (χ3n) is 7.35. The van der Waals surface area contributed by atoms with Gasteiger partial charge < -0.3 is 19.7 Å². The molecule has 0 heterocycles. The topological polar surface area (TPSA) is 105 Å². The van der Waals surface area contributed by atoms with E-state index in [0.717, 1.165) is 22.0 Å². The molecule has 0 fully saturated rings. The number of rotatable bonds is 14. The van der Waals surface area contributed by atoms with Gasteiger partial charge in [-0.2, -0.15) is 0 Å². The highest BCUT2D eigenvalue weighted by Crippen LogP contribution is 2.33. The molecule has 1 atom stereocenters. The maximum Gasteiger partial charge on any atom is 0.264 e. The number of nitrogens with zero attached hydrogens (tertiary/aromatic N) is 2. The summed E-state index contributed by atoms with van der Waals surface area (Å²) < 4.78 is 53.9. The van der Waals surface area contributed by atoms with E-state index in [1.165, 1.54) is 49.5 Å². The van der Waals surface area contributed by atoms with Crippen LogP contribution in [0.5, 0.6) is 11.5 Å². The van der Waals surface area contributed by atoms with Crippen LogP contribution in [0.1, 0.15) is 18.1 Å². The molecule has 0 spiro atoms. The Hall–Kier alpha value is -4.32. The van der Waals surface area contributed by atoms with Gasteiger partial charge in [0.05, 0.1) is 24.8 Å². The first-order valence-corrected chi connectivity index (χ1v) is 16.7. The van der Waals surface area contributed by atoms with E-state index in [1.807, 2.05) is 30.3 Å². The molecule has 4 aromatic rings. The Morgan fingerprint density at radius 3 is 2.11 bits per heavy atom. The maximum absolute atomic E-state index is 14.5. The van der Waals surface area contributed by atoms with E-state index < -0.39 is 40.2 Å². The van der Waals surface area contributed by atoms with Gasteiger partial charge in [0, 0.05) is 41.2 Å². The summed E-state index contributed by atoms with van der Waals surface area (Å²) in [6.07, 6.45) is 0.111. The van der Waals surface area contributed by atoms with Crippen molar-refractivity contribution in [3.05, 3.63) is 118 Å². The molecule has 13 heteroatoms. The van der Waals surface area contributed by atoms with Gasteiger partial charge in [-0.3, -0.25) is 13.9 Å². The number of likely N-dealkylation sites (N-methyl/N-ethyl adjacent to an activating group) is 1. The normalized spacial score (nSPS) is 11.8. The molecule has 0 aliphatic heterocycles. The molecule has 0 unspecified atom stereocenters. The van der Waals surface area contributed by atoms with Crippen molar-refractivity contribution in [1.82, 2.24) is 10.2 Å². The predicted octanol–water partition coefficient (Wildman–Crippen LogP) is 6.12. The highest BCUT2D eigenvalue weighted by atomic mass is 35.5. The number of nitrogens with one attached hydrogen (secondary N) is 1. The van der Waals surface area contributed by atoms with Gasteiger partial charge in [0.1, 0.15) is 18.4 Å². The van der Waals surface area contributed by atoms with Gasteiger partial charge in [-0.25, -0.2) is 12.8 Å². The molecular formula is C34H34Cl2FN3O6S. The van der Waals surface area contributed by atoms with Crippen LogP contribution in [0.3, 0.4) is 0 Å². The minimum atomic E-state index is -4.48. The summed E-state index contributed by atoms with van der Waals surface area (Å²) in [5, 5.41) is 3.31. The van der Waals surface area contributed by atoms with Gasteiger partial charge in [0.25, 0.3) is 10.0 Å². The molecule has 9 nitrogen and oxygen atoms in total. The van der Waals surface area contributed by atoms with Crippen LogP contribution >= 0.6 is 23.2 Å². The molecule has 2 amide bonds. The molecule has 47 heavy (non-hydrogen) atoms. The minimum Gasteiger partial charge on any atom is -0.493 e. The molecule has 248 valence electrons. The summed E-state index contributed by atoms with van der Waals surface area (Å²) in [5.74, 6) is -1.35. The Balaban J connectivity index is 1.85. The Morgan fingerprint density at radius 2 is 1.51 bits per heavy atom. The monoisotopic (exact) mass is 701 g/mol. The molecule has 0 saturated carbocycles. The van der Waals surface area contributed by atoms with Gasteiger partial charge in [-0.1, -0.05) is 59.6 Å². The molecule has 0 aromatic heterocycles. The van der Waals surface area contributed by atoms with Crippen LogP contribution in [0, 0.1) is 5.82 Å². The number of ether oxygens (including phenoxy) is 2. The number of halogens is 3. The van der Waals surface area contributed by atoms with Gasteiger partial charge in [0.15, 0.2) is 11.5 Å². The number of benzene rings is 4. The quantitative estimate of drug-likeness (QED) is 0.170. The molecule has 0 radical (unpaired) electrons. The van der Waals surface area contributed by atoms with Crippen LogP contribution in [0.2, 0.25) is 10.0 Å². The second-order valence-corrected chi connectivity index (χ2v) is 13.0. The lowest BCUT2D eigenvalue weighted by Crippen LogP contribution is -2.53. The molecule has 1 N–H and O–H groups in total. The minimum absolute atomic E-state index is 0.0166. The number of sulfonamides is 1.